The molecule has 96 valence electrons. The van der Waals surface area contributed by atoms with Crippen molar-refractivity contribution in [1.82, 2.24) is 5.32 Å². The summed E-state index contributed by atoms with van der Waals surface area (Å²) in [6, 6.07) is 5.89. The van der Waals surface area contributed by atoms with Crippen LogP contribution < -0.4 is 5.32 Å². The van der Waals surface area contributed by atoms with Crippen LogP contribution >= 0.6 is 0 Å². The van der Waals surface area contributed by atoms with Gasteiger partial charge in [-0.25, -0.2) is 4.39 Å². The molecule has 0 spiro atoms. The van der Waals surface area contributed by atoms with Crippen LogP contribution in [0.5, 0.6) is 0 Å². The third-order valence-electron chi connectivity index (χ3n) is 2.84. The summed E-state index contributed by atoms with van der Waals surface area (Å²) in [5.41, 5.74) is -0.240. The van der Waals surface area contributed by atoms with Gasteiger partial charge in [-0.05, 0) is 31.0 Å². The second-order valence-corrected chi connectivity index (χ2v) is 4.55. The summed E-state index contributed by atoms with van der Waals surface area (Å²) < 4.78 is 12.9. The highest BCUT2D eigenvalue weighted by molar-refractivity contribution is 5.18. The molecular formula is C13H20FNO2. The Labute approximate surface area is 101 Å². The van der Waals surface area contributed by atoms with Gasteiger partial charge in [0.2, 0.25) is 0 Å². The molecule has 4 heteroatoms. The Morgan fingerprint density at radius 2 is 2.18 bits per heavy atom. The summed E-state index contributed by atoms with van der Waals surface area (Å²) >= 11 is 0. The number of aliphatic hydroxyl groups excluding tert-OH is 1. The largest absolute Gasteiger partial charge is 0.389 e. The highest BCUT2D eigenvalue weighted by atomic mass is 19.1. The van der Waals surface area contributed by atoms with E-state index in [1.54, 1.807) is 19.1 Å². The number of hydrogen-bond donors (Lipinski definition) is 3. The molecule has 1 rings (SSSR count). The SMILES string of the molecule is CCC(C)(O)CNCC(O)c1cccc(F)c1. The van der Waals surface area contributed by atoms with Gasteiger partial charge >= 0.3 is 0 Å². The van der Waals surface area contributed by atoms with Crippen molar-refractivity contribution in [2.24, 2.45) is 0 Å². The Morgan fingerprint density at radius 1 is 1.47 bits per heavy atom. The van der Waals surface area contributed by atoms with Crippen LogP contribution in [0.3, 0.4) is 0 Å². The van der Waals surface area contributed by atoms with Gasteiger partial charge in [0.25, 0.3) is 0 Å². The molecule has 2 unspecified atom stereocenters. The minimum Gasteiger partial charge on any atom is -0.389 e. The molecule has 0 aromatic heterocycles. The fraction of sp³-hybridized carbons (Fsp3) is 0.538. The van der Waals surface area contributed by atoms with E-state index in [-0.39, 0.29) is 5.82 Å². The number of rotatable bonds is 6. The average Bonchev–Trinajstić information content (AvgIpc) is 2.28. The highest BCUT2D eigenvalue weighted by Crippen LogP contribution is 2.13. The third-order valence-corrected chi connectivity index (χ3v) is 2.84. The summed E-state index contributed by atoms with van der Waals surface area (Å²) in [7, 11) is 0. The Kier molecular flexibility index (Phi) is 5.05. The van der Waals surface area contributed by atoms with Crippen LogP contribution in [0.2, 0.25) is 0 Å². The molecule has 2 atom stereocenters. The first-order valence-electron chi connectivity index (χ1n) is 5.81. The van der Waals surface area contributed by atoms with E-state index >= 15 is 0 Å². The lowest BCUT2D eigenvalue weighted by Crippen LogP contribution is -2.38. The van der Waals surface area contributed by atoms with E-state index in [0.717, 1.165) is 0 Å². The monoisotopic (exact) mass is 241 g/mol. The van der Waals surface area contributed by atoms with Crippen LogP contribution in [-0.2, 0) is 0 Å². The number of hydrogen-bond acceptors (Lipinski definition) is 3. The summed E-state index contributed by atoms with van der Waals surface area (Å²) in [6.07, 6.45) is -0.130. The molecule has 0 heterocycles. The number of halogens is 1. The van der Waals surface area contributed by atoms with E-state index in [1.807, 2.05) is 6.92 Å². The van der Waals surface area contributed by atoms with Gasteiger partial charge in [0.15, 0.2) is 0 Å². The van der Waals surface area contributed by atoms with Gasteiger partial charge in [-0.2, -0.15) is 0 Å². The predicted molar refractivity (Wildman–Crippen MR) is 65.1 cm³/mol. The molecule has 0 aliphatic rings. The average molecular weight is 241 g/mol. The Bertz CT molecular complexity index is 355. The molecule has 0 fully saturated rings. The van der Waals surface area contributed by atoms with Crippen molar-refractivity contribution in [2.75, 3.05) is 13.1 Å². The van der Waals surface area contributed by atoms with E-state index in [0.29, 0.717) is 25.1 Å². The van der Waals surface area contributed by atoms with Crippen LogP contribution in [0, 0.1) is 5.82 Å². The smallest absolute Gasteiger partial charge is 0.123 e. The van der Waals surface area contributed by atoms with Crippen molar-refractivity contribution in [3.05, 3.63) is 35.6 Å². The van der Waals surface area contributed by atoms with Crippen LogP contribution in [-0.4, -0.2) is 28.9 Å². The first-order valence-corrected chi connectivity index (χ1v) is 5.81. The van der Waals surface area contributed by atoms with Crippen molar-refractivity contribution in [3.63, 3.8) is 0 Å². The molecule has 0 saturated heterocycles. The molecule has 1 aromatic rings. The number of nitrogens with one attached hydrogen (secondary N) is 1. The molecular weight excluding hydrogens is 221 g/mol. The summed E-state index contributed by atoms with van der Waals surface area (Å²) in [5, 5.41) is 22.5. The van der Waals surface area contributed by atoms with E-state index in [4.69, 9.17) is 0 Å². The minimum atomic E-state index is -0.776. The lowest BCUT2D eigenvalue weighted by atomic mass is 10.0. The van der Waals surface area contributed by atoms with E-state index < -0.39 is 11.7 Å². The molecule has 0 radical (unpaired) electrons. The molecule has 17 heavy (non-hydrogen) atoms. The molecule has 0 bridgehead atoms. The molecule has 0 saturated carbocycles. The van der Waals surface area contributed by atoms with Crippen molar-refractivity contribution in [2.45, 2.75) is 32.0 Å². The van der Waals surface area contributed by atoms with Gasteiger partial charge in [-0.3, -0.25) is 0 Å². The maximum absolute atomic E-state index is 12.9. The molecule has 0 aliphatic carbocycles. The normalized spacial score (nSPS) is 16.5. The summed E-state index contributed by atoms with van der Waals surface area (Å²) in [4.78, 5) is 0. The van der Waals surface area contributed by atoms with Gasteiger partial charge in [-0.1, -0.05) is 19.1 Å². The quantitative estimate of drug-likeness (QED) is 0.709. The summed E-state index contributed by atoms with van der Waals surface area (Å²) in [5.74, 6) is -0.359. The van der Waals surface area contributed by atoms with Crippen molar-refractivity contribution < 1.29 is 14.6 Å². The molecule has 1 aromatic carbocycles. The lowest BCUT2D eigenvalue weighted by Gasteiger charge is -2.22. The molecule has 3 N–H and O–H groups in total. The first kappa shape index (κ1) is 14.1. The number of aliphatic hydroxyl groups is 2. The van der Waals surface area contributed by atoms with E-state index in [1.165, 1.54) is 12.1 Å². The van der Waals surface area contributed by atoms with Gasteiger partial charge in [-0.15, -0.1) is 0 Å². The van der Waals surface area contributed by atoms with Crippen molar-refractivity contribution in [3.8, 4) is 0 Å². The third kappa shape index (κ3) is 4.81. The zero-order chi connectivity index (χ0) is 12.9. The fourth-order valence-corrected chi connectivity index (χ4v) is 1.43. The topological polar surface area (TPSA) is 52.5 Å². The Balaban J connectivity index is 2.42. The van der Waals surface area contributed by atoms with E-state index in [2.05, 4.69) is 5.32 Å². The lowest BCUT2D eigenvalue weighted by molar-refractivity contribution is 0.0515. The van der Waals surface area contributed by atoms with Crippen LogP contribution in [0.25, 0.3) is 0 Å². The van der Waals surface area contributed by atoms with Crippen LogP contribution in [0.4, 0.5) is 4.39 Å². The molecule has 3 nitrogen and oxygen atoms in total. The Morgan fingerprint density at radius 3 is 2.76 bits per heavy atom. The van der Waals surface area contributed by atoms with Crippen LogP contribution in [0.1, 0.15) is 31.9 Å². The summed E-state index contributed by atoms with van der Waals surface area (Å²) in [6.45, 7) is 4.31. The van der Waals surface area contributed by atoms with Crippen molar-refractivity contribution >= 4 is 0 Å². The maximum Gasteiger partial charge on any atom is 0.123 e. The fourth-order valence-electron chi connectivity index (χ4n) is 1.43. The second kappa shape index (κ2) is 6.10. The second-order valence-electron chi connectivity index (χ2n) is 4.55. The Hall–Kier alpha value is -0.970. The standard InChI is InChI=1S/C13H20FNO2/c1-3-13(2,17)9-15-8-12(16)10-5-4-6-11(14)7-10/h4-7,12,15-17H,3,8-9H2,1-2H3. The van der Waals surface area contributed by atoms with Gasteiger partial charge in [0.1, 0.15) is 5.82 Å². The van der Waals surface area contributed by atoms with Gasteiger partial charge in [0.05, 0.1) is 11.7 Å². The van der Waals surface area contributed by atoms with Gasteiger partial charge < -0.3 is 15.5 Å². The zero-order valence-electron chi connectivity index (χ0n) is 10.3. The predicted octanol–water partition coefficient (Wildman–Crippen LogP) is 1.61. The minimum absolute atomic E-state index is 0.291. The van der Waals surface area contributed by atoms with Crippen LogP contribution in [0.15, 0.2) is 24.3 Å². The van der Waals surface area contributed by atoms with Gasteiger partial charge in [0, 0.05) is 13.1 Å². The molecule has 0 aliphatic heterocycles. The number of benzene rings is 1. The maximum atomic E-state index is 12.9. The molecule has 0 amide bonds. The van der Waals surface area contributed by atoms with E-state index in [9.17, 15) is 14.6 Å². The zero-order valence-corrected chi connectivity index (χ0v) is 10.3. The van der Waals surface area contributed by atoms with Crippen molar-refractivity contribution in [1.29, 1.82) is 0 Å². The highest BCUT2D eigenvalue weighted by Gasteiger charge is 2.17. The first-order chi connectivity index (χ1) is 7.94.